The summed E-state index contributed by atoms with van der Waals surface area (Å²) in [6.07, 6.45) is 4.13. The van der Waals surface area contributed by atoms with Crippen molar-refractivity contribution in [3.63, 3.8) is 0 Å². The molecule has 1 saturated heterocycles. The molecular formula is C10H14N2O4S. The first-order valence-corrected chi connectivity index (χ1v) is 6.82. The first-order chi connectivity index (χ1) is 8.01. The van der Waals surface area contributed by atoms with Gasteiger partial charge in [0.1, 0.15) is 0 Å². The van der Waals surface area contributed by atoms with Crippen LogP contribution in [-0.4, -0.2) is 41.4 Å². The standard InChI is InChI=1S/C10H14N2O4S/c13-10(14)6-8-2-1-5-12(8)17(15,16)9-3-4-11-7-9/h3-4,7-8,11H,1-2,5-6H2,(H,13,14). The van der Waals surface area contributed by atoms with Crippen LogP contribution in [0, 0.1) is 0 Å². The van der Waals surface area contributed by atoms with Crippen LogP contribution in [0.5, 0.6) is 0 Å². The molecule has 1 aromatic heterocycles. The van der Waals surface area contributed by atoms with Gasteiger partial charge in [0, 0.05) is 25.0 Å². The molecule has 0 saturated carbocycles. The van der Waals surface area contributed by atoms with E-state index in [0.29, 0.717) is 19.4 Å². The van der Waals surface area contributed by atoms with Crippen molar-refractivity contribution in [3.05, 3.63) is 18.5 Å². The molecule has 1 aliphatic heterocycles. The maximum atomic E-state index is 12.2. The molecule has 7 heteroatoms. The fourth-order valence-electron chi connectivity index (χ4n) is 2.14. The third-order valence-electron chi connectivity index (χ3n) is 2.91. The highest BCUT2D eigenvalue weighted by atomic mass is 32.2. The van der Waals surface area contributed by atoms with Crippen molar-refractivity contribution in [1.29, 1.82) is 0 Å². The van der Waals surface area contributed by atoms with Crippen molar-refractivity contribution >= 4 is 16.0 Å². The second-order valence-electron chi connectivity index (χ2n) is 4.06. The van der Waals surface area contributed by atoms with Crippen molar-refractivity contribution in [2.45, 2.75) is 30.2 Å². The summed E-state index contributed by atoms with van der Waals surface area (Å²) in [7, 11) is -3.55. The van der Waals surface area contributed by atoms with Gasteiger partial charge in [0.05, 0.1) is 11.3 Å². The summed E-state index contributed by atoms with van der Waals surface area (Å²) in [5, 5.41) is 8.76. The van der Waals surface area contributed by atoms with Crippen LogP contribution in [-0.2, 0) is 14.8 Å². The number of H-pyrrole nitrogens is 1. The minimum Gasteiger partial charge on any atom is -0.481 e. The molecule has 0 radical (unpaired) electrons. The van der Waals surface area contributed by atoms with Gasteiger partial charge in [-0.15, -0.1) is 0 Å². The molecule has 0 bridgehead atoms. The van der Waals surface area contributed by atoms with Gasteiger partial charge in [-0.05, 0) is 18.9 Å². The van der Waals surface area contributed by atoms with Gasteiger partial charge in [0.2, 0.25) is 10.0 Å². The molecule has 6 nitrogen and oxygen atoms in total. The normalized spacial score (nSPS) is 21.8. The van der Waals surface area contributed by atoms with Gasteiger partial charge in [0.25, 0.3) is 0 Å². The maximum Gasteiger partial charge on any atom is 0.304 e. The molecule has 2 N–H and O–H groups in total. The molecule has 1 atom stereocenters. The minimum absolute atomic E-state index is 0.135. The lowest BCUT2D eigenvalue weighted by molar-refractivity contribution is -0.137. The van der Waals surface area contributed by atoms with Gasteiger partial charge < -0.3 is 10.1 Å². The Morgan fingerprint density at radius 1 is 1.59 bits per heavy atom. The zero-order valence-corrected chi connectivity index (χ0v) is 9.98. The Balaban J connectivity index is 2.24. The van der Waals surface area contributed by atoms with Crippen LogP contribution < -0.4 is 0 Å². The van der Waals surface area contributed by atoms with Crippen LogP contribution in [0.25, 0.3) is 0 Å². The molecule has 0 aromatic carbocycles. The number of carbonyl (C=O) groups is 1. The third-order valence-corrected chi connectivity index (χ3v) is 4.86. The Morgan fingerprint density at radius 2 is 2.35 bits per heavy atom. The van der Waals surface area contributed by atoms with Gasteiger partial charge >= 0.3 is 5.97 Å². The Hall–Kier alpha value is -1.34. The summed E-state index contributed by atoms with van der Waals surface area (Å²) in [6, 6.07) is 1.05. The Kier molecular flexibility index (Phi) is 3.21. The van der Waals surface area contributed by atoms with E-state index in [1.54, 1.807) is 0 Å². The molecule has 1 aromatic rings. The number of sulfonamides is 1. The molecule has 17 heavy (non-hydrogen) atoms. The Morgan fingerprint density at radius 3 is 2.94 bits per heavy atom. The second-order valence-corrected chi connectivity index (χ2v) is 5.95. The quantitative estimate of drug-likeness (QED) is 0.829. The van der Waals surface area contributed by atoms with Crippen LogP contribution in [0.1, 0.15) is 19.3 Å². The average molecular weight is 258 g/mol. The monoisotopic (exact) mass is 258 g/mol. The van der Waals surface area contributed by atoms with Crippen molar-refractivity contribution in [1.82, 2.24) is 9.29 Å². The van der Waals surface area contributed by atoms with Crippen LogP contribution in [0.2, 0.25) is 0 Å². The number of hydrogen-bond donors (Lipinski definition) is 2. The molecule has 0 amide bonds. The Bertz CT molecular complexity index is 494. The molecule has 0 aliphatic carbocycles. The Labute approximate surface area is 99.3 Å². The highest BCUT2D eigenvalue weighted by Crippen LogP contribution is 2.27. The predicted molar refractivity (Wildman–Crippen MR) is 60.0 cm³/mol. The summed E-state index contributed by atoms with van der Waals surface area (Å²) < 4.78 is 25.7. The summed E-state index contributed by atoms with van der Waals surface area (Å²) in [5.41, 5.74) is 0. The summed E-state index contributed by atoms with van der Waals surface area (Å²) in [6.45, 7) is 0.394. The van der Waals surface area contributed by atoms with Gasteiger partial charge in [-0.3, -0.25) is 4.79 Å². The number of nitrogens with zero attached hydrogens (tertiary/aromatic N) is 1. The average Bonchev–Trinajstić information content (AvgIpc) is 2.85. The zero-order valence-electron chi connectivity index (χ0n) is 9.17. The number of hydrogen-bond acceptors (Lipinski definition) is 3. The van der Waals surface area contributed by atoms with Crippen LogP contribution >= 0.6 is 0 Å². The molecular weight excluding hydrogens is 244 g/mol. The van der Waals surface area contributed by atoms with Gasteiger partial charge in [-0.25, -0.2) is 8.42 Å². The van der Waals surface area contributed by atoms with Crippen molar-refractivity contribution in [3.8, 4) is 0 Å². The fourth-order valence-corrected chi connectivity index (χ4v) is 3.81. The topological polar surface area (TPSA) is 90.5 Å². The van der Waals surface area contributed by atoms with Gasteiger partial charge in [-0.1, -0.05) is 0 Å². The molecule has 1 unspecified atom stereocenters. The van der Waals surface area contributed by atoms with E-state index < -0.39 is 22.0 Å². The number of nitrogens with one attached hydrogen (secondary N) is 1. The lowest BCUT2D eigenvalue weighted by atomic mass is 10.2. The van der Waals surface area contributed by atoms with E-state index in [1.807, 2.05) is 0 Å². The smallest absolute Gasteiger partial charge is 0.304 e. The second kappa shape index (κ2) is 4.50. The number of rotatable bonds is 4. The van der Waals surface area contributed by atoms with E-state index in [0.717, 1.165) is 0 Å². The van der Waals surface area contributed by atoms with E-state index >= 15 is 0 Å². The molecule has 2 heterocycles. The first-order valence-electron chi connectivity index (χ1n) is 5.38. The van der Waals surface area contributed by atoms with Gasteiger partial charge in [-0.2, -0.15) is 4.31 Å². The highest BCUT2D eigenvalue weighted by molar-refractivity contribution is 7.89. The zero-order chi connectivity index (χ0) is 12.5. The predicted octanol–water partition coefficient (Wildman–Crippen LogP) is 0.643. The van der Waals surface area contributed by atoms with Crippen molar-refractivity contribution in [2.24, 2.45) is 0 Å². The fraction of sp³-hybridized carbons (Fsp3) is 0.500. The number of aliphatic carboxylic acids is 1. The van der Waals surface area contributed by atoms with Crippen LogP contribution in [0.4, 0.5) is 0 Å². The summed E-state index contributed by atoms with van der Waals surface area (Å²) in [4.78, 5) is 13.6. The maximum absolute atomic E-state index is 12.2. The van der Waals surface area contributed by atoms with Crippen molar-refractivity contribution in [2.75, 3.05) is 6.54 Å². The van der Waals surface area contributed by atoms with E-state index in [9.17, 15) is 13.2 Å². The molecule has 1 fully saturated rings. The molecule has 2 rings (SSSR count). The molecule has 94 valence electrons. The summed E-state index contributed by atoms with van der Waals surface area (Å²) >= 11 is 0. The summed E-state index contributed by atoms with van der Waals surface area (Å²) in [5.74, 6) is -0.967. The van der Waals surface area contributed by atoms with Crippen LogP contribution in [0.15, 0.2) is 23.4 Å². The lowest BCUT2D eigenvalue weighted by Gasteiger charge is -2.22. The third kappa shape index (κ3) is 2.34. The number of carboxylic acids is 1. The van der Waals surface area contributed by atoms with E-state index in [2.05, 4.69) is 4.98 Å². The first kappa shape index (κ1) is 12.1. The minimum atomic E-state index is -3.55. The number of aromatic amines is 1. The number of aromatic nitrogens is 1. The van der Waals surface area contributed by atoms with E-state index in [1.165, 1.54) is 22.8 Å². The van der Waals surface area contributed by atoms with E-state index in [-0.39, 0.29) is 11.3 Å². The van der Waals surface area contributed by atoms with Crippen LogP contribution in [0.3, 0.4) is 0 Å². The number of carboxylic acid groups (broad SMARTS) is 1. The molecule has 0 spiro atoms. The lowest BCUT2D eigenvalue weighted by Crippen LogP contribution is -2.36. The van der Waals surface area contributed by atoms with Crippen molar-refractivity contribution < 1.29 is 18.3 Å². The van der Waals surface area contributed by atoms with E-state index in [4.69, 9.17) is 5.11 Å². The SMILES string of the molecule is O=C(O)CC1CCCN1S(=O)(=O)c1cc[nH]c1. The highest BCUT2D eigenvalue weighted by Gasteiger charge is 2.36. The van der Waals surface area contributed by atoms with Gasteiger partial charge in [0.15, 0.2) is 0 Å². The largest absolute Gasteiger partial charge is 0.481 e. The molecule has 1 aliphatic rings.